The maximum Gasteiger partial charge on any atom is 0.365 e. The molecule has 0 amide bonds. The highest BCUT2D eigenvalue weighted by molar-refractivity contribution is 5.82. The molecule has 0 spiro atoms. The summed E-state index contributed by atoms with van der Waals surface area (Å²) in [4.78, 5) is 52.0. The molecule has 0 rings (SSSR count). The maximum absolute atomic E-state index is 11.0. The highest BCUT2D eigenvalue weighted by atomic mass is 17.2. The monoisotopic (exact) mass is 526 g/mol. The average molecular weight is 527 g/mol. The molecule has 37 heavy (non-hydrogen) atoms. The van der Waals surface area contributed by atoms with Crippen LogP contribution >= 0.6 is 0 Å². The number of carbonyl (C=O) groups excluding carboxylic acids is 3. The molecular weight excluding hydrogens is 492 g/mol. The molecule has 0 fully saturated rings. The van der Waals surface area contributed by atoms with Gasteiger partial charge in [-0.2, -0.15) is 9.78 Å². The fourth-order valence-electron chi connectivity index (χ4n) is 2.17. The zero-order chi connectivity index (χ0) is 27.6. The second-order valence-corrected chi connectivity index (χ2v) is 6.84. The van der Waals surface area contributed by atoms with Gasteiger partial charge < -0.3 is 28.6 Å². The summed E-state index contributed by atoms with van der Waals surface area (Å²) in [6.07, 6.45) is 11.8. The largest absolute Gasteiger partial charge is 0.499 e. The molecular formula is C25H34O12. The molecule has 0 heterocycles. The van der Waals surface area contributed by atoms with Crippen LogP contribution in [-0.4, -0.2) is 57.5 Å². The van der Waals surface area contributed by atoms with E-state index in [0.29, 0.717) is 12.8 Å². The van der Waals surface area contributed by atoms with Gasteiger partial charge in [0.2, 0.25) is 0 Å². The van der Waals surface area contributed by atoms with E-state index in [9.17, 15) is 14.4 Å². The summed E-state index contributed by atoms with van der Waals surface area (Å²) in [6, 6.07) is 0. The molecule has 12 heteroatoms. The summed E-state index contributed by atoms with van der Waals surface area (Å²) in [6.45, 7) is 12.8. The number of allylic oxidation sites excluding steroid dienone is 1. The fourth-order valence-corrected chi connectivity index (χ4v) is 2.17. The Labute approximate surface area is 216 Å². The van der Waals surface area contributed by atoms with E-state index in [4.69, 9.17) is 24.0 Å². The minimum atomic E-state index is -0.697. The topological polar surface area (TPSA) is 134 Å². The number of esters is 2. The van der Waals surface area contributed by atoms with Crippen molar-refractivity contribution in [1.82, 2.24) is 0 Å². The van der Waals surface area contributed by atoms with Gasteiger partial charge in [-0.15, -0.1) is 0 Å². The third-order valence-electron chi connectivity index (χ3n) is 4.24. The molecule has 0 bridgehead atoms. The predicted octanol–water partition coefficient (Wildman–Crippen LogP) is 3.35. The summed E-state index contributed by atoms with van der Waals surface area (Å²) in [5, 5.41) is 0. The lowest BCUT2D eigenvalue weighted by Crippen LogP contribution is -2.32. The van der Waals surface area contributed by atoms with Gasteiger partial charge in [0.05, 0.1) is 19.5 Å². The zero-order valence-electron chi connectivity index (χ0n) is 20.9. The van der Waals surface area contributed by atoms with Crippen molar-refractivity contribution in [1.29, 1.82) is 0 Å². The molecule has 1 atom stereocenters. The lowest BCUT2D eigenvalue weighted by Gasteiger charge is -2.30. The molecule has 0 radical (unpaired) electrons. The summed E-state index contributed by atoms with van der Waals surface area (Å²) in [7, 11) is 0. The van der Waals surface area contributed by atoms with Gasteiger partial charge in [0.25, 0.3) is 0 Å². The molecule has 0 aliphatic rings. The van der Waals surface area contributed by atoms with Crippen LogP contribution in [0.2, 0.25) is 0 Å². The summed E-state index contributed by atoms with van der Waals surface area (Å²) >= 11 is 0. The Kier molecular flexibility index (Phi) is 20.2. The van der Waals surface area contributed by atoms with Gasteiger partial charge in [0, 0.05) is 23.6 Å². The summed E-state index contributed by atoms with van der Waals surface area (Å²) in [5.41, 5.74) is -0.503. The molecule has 0 N–H and O–H groups in total. The van der Waals surface area contributed by atoms with Crippen molar-refractivity contribution in [3.63, 3.8) is 0 Å². The van der Waals surface area contributed by atoms with Crippen molar-refractivity contribution >= 4 is 17.9 Å². The van der Waals surface area contributed by atoms with Crippen LogP contribution in [0, 0.1) is 5.41 Å². The molecule has 0 aromatic heterocycles. The summed E-state index contributed by atoms with van der Waals surface area (Å²) in [5.74, 6) is -1.93. The zero-order valence-corrected chi connectivity index (χ0v) is 20.9. The predicted molar refractivity (Wildman–Crippen MR) is 129 cm³/mol. The van der Waals surface area contributed by atoms with E-state index in [1.54, 1.807) is 6.08 Å². The first-order valence-electron chi connectivity index (χ1n) is 11.1. The highest BCUT2D eigenvalue weighted by Crippen LogP contribution is 2.28. The second kappa shape index (κ2) is 22.6. The quantitative estimate of drug-likeness (QED) is 0.0482. The van der Waals surface area contributed by atoms with Crippen molar-refractivity contribution in [3.05, 3.63) is 75.4 Å². The van der Waals surface area contributed by atoms with Gasteiger partial charge >= 0.3 is 17.9 Å². The number of hydrogen-bond donors (Lipinski definition) is 0. The molecule has 12 nitrogen and oxygen atoms in total. The van der Waals surface area contributed by atoms with Gasteiger partial charge in [-0.05, 0) is 18.9 Å². The van der Waals surface area contributed by atoms with E-state index < -0.39 is 23.3 Å². The first kappa shape index (κ1) is 33.1. The third-order valence-corrected chi connectivity index (χ3v) is 4.24. The Bertz CT molecular complexity index is 787. The van der Waals surface area contributed by atoms with Crippen LogP contribution in [0.5, 0.6) is 0 Å². The Morgan fingerprint density at radius 1 is 0.703 bits per heavy atom. The van der Waals surface area contributed by atoms with Gasteiger partial charge in [0.15, 0.2) is 6.26 Å². The average Bonchev–Trinajstić information content (AvgIpc) is 2.92. The first-order valence-corrected chi connectivity index (χ1v) is 11.1. The molecule has 0 saturated carbocycles. The minimum Gasteiger partial charge on any atom is -0.499 e. The van der Waals surface area contributed by atoms with Crippen molar-refractivity contribution in [2.24, 2.45) is 5.41 Å². The maximum atomic E-state index is 11.0. The second-order valence-electron chi connectivity index (χ2n) is 6.84. The number of hydrogen-bond acceptors (Lipinski definition) is 12. The Balaban J connectivity index is 4.64. The Morgan fingerprint density at radius 3 is 1.97 bits per heavy atom. The Hall–Kier alpha value is -3.87. The molecule has 0 aliphatic carbocycles. The lowest BCUT2D eigenvalue weighted by atomic mass is 9.83. The van der Waals surface area contributed by atoms with Crippen LogP contribution in [0.4, 0.5) is 0 Å². The SMILES string of the molecule is C=CC(=O)OC=COCCOCC(CC)(CC=COCCOOC(=O)C=C)COOC=COC(=O)C=C. The van der Waals surface area contributed by atoms with Crippen LogP contribution in [0.3, 0.4) is 0 Å². The van der Waals surface area contributed by atoms with Crippen LogP contribution in [0.1, 0.15) is 19.8 Å². The first-order chi connectivity index (χ1) is 17.9. The van der Waals surface area contributed by atoms with Gasteiger partial charge in [-0.3, -0.25) is 4.89 Å². The van der Waals surface area contributed by atoms with E-state index >= 15 is 0 Å². The van der Waals surface area contributed by atoms with E-state index in [2.05, 4.69) is 39.0 Å². The number of carbonyl (C=O) groups is 3. The van der Waals surface area contributed by atoms with Crippen molar-refractivity contribution in [2.45, 2.75) is 19.8 Å². The molecule has 0 aromatic carbocycles. The molecule has 0 saturated heterocycles. The molecule has 1 unspecified atom stereocenters. The van der Waals surface area contributed by atoms with Gasteiger partial charge in [0.1, 0.15) is 45.2 Å². The lowest BCUT2D eigenvalue weighted by molar-refractivity contribution is -0.273. The van der Waals surface area contributed by atoms with Crippen molar-refractivity contribution < 1.29 is 57.6 Å². The molecule has 0 aliphatic heterocycles. The smallest absolute Gasteiger partial charge is 0.365 e. The number of rotatable bonds is 23. The van der Waals surface area contributed by atoms with Gasteiger partial charge in [-0.1, -0.05) is 26.7 Å². The van der Waals surface area contributed by atoms with Crippen molar-refractivity contribution in [2.75, 3.05) is 39.6 Å². The van der Waals surface area contributed by atoms with Crippen LogP contribution in [0.25, 0.3) is 0 Å². The molecule has 0 aromatic rings. The molecule has 206 valence electrons. The summed E-state index contributed by atoms with van der Waals surface area (Å²) < 4.78 is 25.5. The Morgan fingerprint density at radius 2 is 1.32 bits per heavy atom. The van der Waals surface area contributed by atoms with E-state index in [1.807, 2.05) is 6.92 Å². The number of ether oxygens (including phenoxy) is 5. The van der Waals surface area contributed by atoms with Gasteiger partial charge in [-0.25, -0.2) is 14.4 Å². The standard InChI is InChI=1S/C25H34O12/c1-5-22(26)32-16-14-30-12-13-31-20-25(8-4,21-36-34-19-17-33-23(27)6-2)10-9-11-29-15-18-35-37-24(28)7-3/h5-7,9,11,14,16-17,19H,1-3,8,10,12-13,15,18,20-21H2,4H3. The van der Waals surface area contributed by atoms with Crippen LogP contribution in [0.15, 0.2) is 75.4 Å². The van der Waals surface area contributed by atoms with Crippen LogP contribution in [-0.2, 0) is 57.6 Å². The normalized spacial score (nSPS) is 12.6. The van der Waals surface area contributed by atoms with E-state index in [-0.39, 0.29) is 39.6 Å². The van der Waals surface area contributed by atoms with Crippen LogP contribution < -0.4 is 0 Å². The third kappa shape index (κ3) is 19.0. The minimum absolute atomic E-state index is 0.0346. The fraction of sp³-hybridized carbons (Fsp3) is 0.400. The van der Waals surface area contributed by atoms with Crippen molar-refractivity contribution in [3.8, 4) is 0 Å². The highest BCUT2D eigenvalue weighted by Gasteiger charge is 2.29. The van der Waals surface area contributed by atoms with E-state index in [1.165, 1.54) is 12.5 Å². The van der Waals surface area contributed by atoms with E-state index in [0.717, 1.165) is 37.0 Å².